The highest BCUT2D eigenvalue weighted by molar-refractivity contribution is 6.01. The van der Waals surface area contributed by atoms with E-state index in [4.69, 9.17) is 5.73 Å². The first-order valence-corrected chi connectivity index (χ1v) is 5.21. The number of nitro groups is 1. The van der Waals surface area contributed by atoms with Crippen LogP contribution in [0.1, 0.15) is 16.2 Å². The number of carbonyl (C=O) groups excluding carboxylic acids is 1. The average molecular weight is 262 g/mol. The lowest BCUT2D eigenvalue weighted by molar-refractivity contribution is -0.385. The zero-order valence-electron chi connectivity index (χ0n) is 9.88. The monoisotopic (exact) mass is 262 g/mol. The van der Waals surface area contributed by atoms with E-state index in [-0.39, 0.29) is 23.1 Å². The molecule has 0 fully saturated rings. The smallest absolute Gasteiger partial charge is 0.293 e. The van der Waals surface area contributed by atoms with Crippen LogP contribution in [0.15, 0.2) is 18.2 Å². The number of nitro benzene ring substituents is 1. The van der Waals surface area contributed by atoms with Crippen molar-refractivity contribution in [1.82, 2.24) is 15.2 Å². The van der Waals surface area contributed by atoms with E-state index in [1.807, 2.05) is 0 Å². The Bertz CT molecular complexity index is 650. The molecule has 4 N–H and O–H groups in total. The third-order valence-corrected chi connectivity index (χ3v) is 2.38. The molecule has 1 heterocycles. The number of hydrogen-bond donors (Lipinski definition) is 3. The molecule has 0 saturated heterocycles. The van der Waals surface area contributed by atoms with Crippen LogP contribution in [0.5, 0.6) is 0 Å². The van der Waals surface area contributed by atoms with E-state index >= 15 is 0 Å². The lowest BCUT2D eigenvalue weighted by Gasteiger charge is -2.04. The van der Waals surface area contributed by atoms with Crippen LogP contribution < -0.4 is 11.1 Å². The van der Waals surface area contributed by atoms with Gasteiger partial charge in [0, 0.05) is 17.3 Å². The van der Waals surface area contributed by atoms with E-state index in [0.717, 1.165) is 0 Å². The van der Waals surface area contributed by atoms with Crippen LogP contribution in [0.3, 0.4) is 0 Å². The van der Waals surface area contributed by atoms with Crippen molar-refractivity contribution in [2.24, 2.45) is 0 Å². The van der Waals surface area contributed by atoms with Crippen molar-refractivity contribution in [3.8, 4) is 0 Å². The Kier molecular flexibility index (Phi) is 3.10. The van der Waals surface area contributed by atoms with Gasteiger partial charge in [0.15, 0.2) is 0 Å². The number of aryl methyl sites for hydroxylation is 1. The van der Waals surface area contributed by atoms with Crippen molar-refractivity contribution < 1.29 is 9.72 Å². The first kappa shape index (κ1) is 12.5. The Morgan fingerprint density at radius 3 is 2.84 bits per heavy atom. The summed E-state index contributed by atoms with van der Waals surface area (Å²) in [6.45, 7) is 1.61. The van der Waals surface area contributed by atoms with Gasteiger partial charge in [0.1, 0.15) is 0 Å². The third-order valence-electron chi connectivity index (χ3n) is 2.38. The first-order valence-electron chi connectivity index (χ1n) is 5.21. The second-order valence-electron chi connectivity index (χ2n) is 3.75. The second kappa shape index (κ2) is 4.72. The zero-order valence-corrected chi connectivity index (χ0v) is 9.88. The van der Waals surface area contributed by atoms with E-state index in [9.17, 15) is 14.9 Å². The third kappa shape index (κ3) is 2.65. The summed E-state index contributed by atoms with van der Waals surface area (Å²) in [5.74, 6) is -0.705. The molecule has 2 rings (SSSR count). The zero-order chi connectivity index (χ0) is 14.0. The number of nitrogen functional groups attached to an aromatic ring is 1. The first-order chi connectivity index (χ1) is 8.97. The van der Waals surface area contributed by atoms with E-state index < -0.39 is 10.8 Å². The van der Waals surface area contributed by atoms with Gasteiger partial charge < -0.3 is 11.1 Å². The number of nitrogens with one attached hydrogen (secondary N) is 2. The predicted octanol–water partition coefficient (Wildman–Crippen LogP) is 0.856. The molecule has 0 radical (unpaired) electrons. The minimum absolute atomic E-state index is 0.0555. The molecule has 0 aliphatic heterocycles. The van der Waals surface area contributed by atoms with E-state index in [1.54, 1.807) is 19.1 Å². The van der Waals surface area contributed by atoms with Gasteiger partial charge in [-0.2, -0.15) is 4.98 Å². The number of benzene rings is 1. The Balaban J connectivity index is 2.22. The Hall–Kier alpha value is -2.97. The highest BCUT2D eigenvalue weighted by atomic mass is 16.6. The summed E-state index contributed by atoms with van der Waals surface area (Å²) >= 11 is 0. The van der Waals surface area contributed by atoms with Crippen molar-refractivity contribution in [2.75, 3.05) is 11.1 Å². The number of aromatic nitrogens is 3. The molecular weight excluding hydrogens is 252 g/mol. The number of anilines is 2. The largest absolute Gasteiger partial charge is 0.366 e. The van der Waals surface area contributed by atoms with Crippen molar-refractivity contribution in [1.29, 1.82) is 0 Å². The van der Waals surface area contributed by atoms with Gasteiger partial charge in [-0.1, -0.05) is 6.07 Å². The normalized spacial score (nSPS) is 10.2. The number of nitrogens with zero attached hydrogens (tertiary/aromatic N) is 3. The van der Waals surface area contributed by atoms with Crippen LogP contribution in [0.4, 0.5) is 17.3 Å². The SMILES string of the molecule is Cc1ccc(NC(=O)c2nc(N)n[nH]2)cc1[N+](=O)[O-]. The summed E-state index contributed by atoms with van der Waals surface area (Å²) in [6, 6.07) is 4.37. The van der Waals surface area contributed by atoms with Crippen LogP contribution in [0.2, 0.25) is 0 Å². The lowest BCUT2D eigenvalue weighted by Crippen LogP contribution is -2.14. The molecule has 1 aromatic heterocycles. The predicted molar refractivity (Wildman–Crippen MR) is 66.6 cm³/mol. The van der Waals surface area contributed by atoms with E-state index in [0.29, 0.717) is 5.56 Å². The Morgan fingerprint density at radius 1 is 1.53 bits per heavy atom. The van der Waals surface area contributed by atoms with Crippen molar-refractivity contribution >= 4 is 23.2 Å². The maximum absolute atomic E-state index is 11.7. The minimum atomic E-state index is -0.581. The van der Waals surface area contributed by atoms with Gasteiger partial charge >= 0.3 is 0 Å². The molecule has 0 unspecified atom stereocenters. The molecule has 0 saturated carbocycles. The summed E-state index contributed by atoms with van der Waals surface area (Å²) in [5.41, 5.74) is 5.99. The minimum Gasteiger partial charge on any atom is -0.366 e. The summed E-state index contributed by atoms with van der Waals surface area (Å²) in [4.78, 5) is 25.6. The van der Waals surface area contributed by atoms with Crippen LogP contribution in [0.25, 0.3) is 0 Å². The molecule has 9 heteroatoms. The molecule has 98 valence electrons. The highest BCUT2D eigenvalue weighted by Crippen LogP contribution is 2.22. The van der Waals surface area contributed by atoms with Gasteiger partial charge in [0.2, 0.25) is 11.8 Å². The van der Waals surface area contributed by atoms with Gasteiger partial charge in [0.05, 0.1) is 4.92 Å². The van der Waals surface area contributed by atoms with Crippen molar-refractivity contribution in [3.63, 3.8) is 0 Å². The summed E-state index contributed by atoms with van der Waals surface area (Å²) in [6.07, 6.45) is 0. The second-order valence-corrected chi connectivity index (χ2v) is 3.75. The number of rotatable bonds is 3. The van der Waals surface area contributed by atoms with Gasteiger partial charge in [-0.05, 0) is 13.0 Å². The molecule has 0 atom stereocenters. The molecule has 1 aromatic carbocycles. The van der Waals surface area contributed by atoms with E-state index in [1.165, 1.54) is 6.07 Å². The fraction of sp³-hybridized carbons (Fsp3) is 0.100. The molecule has 19 heavy (non-hydrogen) atoms. The summed E-state index contributed by atoms with van der Waals surface area (Å²) in [5, 5.41) is 19.1. The Morgan fingerprint density at radius 2 is 2.26 bits per heavy atom. The summed E-state index contributed by atoms with van der Waals surface area (Å²) in [7, 11) is 0. The number of nitrogens with two attached hydrogens (primary N) is 1. The fourth-order valence-corrected chi connectivity index (χ4v) is 1.45. The topological polar surface area (TPSA) is 140 Å². The maximum atomic E-state index is 11.7. The van der Waals surface area contributed by atoms with Crippen LogP contribution >= 0.6 is 0 Å². The molecule has 2 aromatic rings. The average Bonchev–Trinajstić information content (AvgIpc) is 2.78. The molecule has 0 aliphatic carbocycles. The molecule has 0 bridgehead atoms. The van der Waals surface area contributed by atoms with Crippen molar-refractivity contribution in [2.45, 2.75) is 6.92 Å². The maximum Gasteiger partial charge on any atom is 0.293 e. The molecule has 1 amide bonds. The van der Waals surface area contributed by atoms with Gasteiger partial charge in [-0.15, -0.1) is 5.10 Å². The van der Waals surface area contributed by atoms with Crippen LogP contribution in [0, 0.1) is 17.0 Å². The standard InChI is InChI=1S/C10H10N6O3/c1-5-2-3-6(4-7(5)16(18)19)12-9(17)8-13-10(11)15-14-8/h2-4H,1H3,(H,12,17)(H3,11,13,14,15). The highest BCUT2D eigenvalue weighted by Gasteiger charge is 2.15. The van der Waals surface area contributed by atoms with Gasteiger partial charge in [-0.3, -0.25) is 20.0 Å². The number of aromatic amines is 1. The number of H-pyrrole nitrogens is 1. The Labute approximate surface area is 107 Å². The van der Waals surface area contributed by atoms with Gasteiger partial charge in [0.25, 0.3) is 11.6 Å². The molecule has 0 aliphatic rings. The number of carbonyl (C=O) groups is 1. The van der Waals surface area contributed by atoms with Gasteiger partial charge in [-0.25, -0.2) is 0 Å². The fourth-order valence-electron chi connectivity index (χ4n) is 1.45. The quantitative estimate of drug-likeness (QED) is 0.553. The molecular formula is C10H10N6O3. The summed E-state index contributed by atoms with van der Waals surface area (Å²) < 4.78 is 0. The van der Waals surface area contributed by atoms with Crippen LogP contribution in [-0.4, -0.2) is 26.0 Å². The molecule has 9 nitrogen and oxygen atoms in total. The van der Waals surface area contributed by atoms with Crippen LogP contribution in [-0.2, 0) is 0 Å². The number of hydrogen-bond acceptors (Lipinski definition) is 6. The number of amides is 1. The van der Waals surface area contributed by atoms with Crippen molar-refractivity contribution in [3.05, 3.63) is 39.7 Å². The van der Waals surface area contributed by atoms with E-state index in [2.05, 4.69) is 20.5 Å². The molecule has 0 spiro atoms. The lowest BCUT2D eigenvalue weighted by atomic mass is 10.2.